The summed E-state index contributed by atoms with van der Waals surface area (Å²) in [5.41, 5.74) is 3.13. The number of nitrogens with zero attached hydrogens (tertiary/aromatic N) is 4. The molecule has 9 nitrogen and oxygen atoms in total. The van der Waals surface area contributed by atoms with Crippen molar-refractivity contribution in [3.05, 3.63) is 78.2 Å². The molecule has 0 aliphatic carbocycles. The summed E-state index contributed by atoms with van der Waals surface area (Å²) in [6.45, 7) is 7.42. The molecule has 0 bridgehead atoms. The first-order valence-corrected chi connectivity index (χ1v) is 10.7. The van der Waals surface area contributed by atoms with E-state index in [0.717, 1.165) is 40.0 Å². The minimum absolute atomic E-state index is 0.0379. The fraction of sp³-hybridized carbons (Fsp3) is 0.160. The third kappa shape index (κ3) is 5.26. The Morgan fingerprint density at radius 3 is 2.79 bits per heavy atom. The first-order valence-electron chi connectivity index (χ1n) is 10.7. The summed E-state index contributed by atoms with van der Waals surface area (Å²) in [5.74, 6) is 2.35. The van der Waals surface area contributed by atoms with E-state index in [1.807, 2.05) is 44.2 Å². The number of fused-ring (bicyclic) bond motifs is 1. The number of ether oxygens (including phenoxy) is 1. The van der Waals surface area contributed by atoms with E-state index in [-0.39, 0.29) is 11.9 Å². The third-order valence-electron chi connectivity index (χ3n) is 5.13. The van der Waals surface area contributed by atoms with E-state index in [2.05, 4.69) is 37.5 Å². The molecule has 1 aromatic heterocycles. The summed E-state index contributed by atoms with van der Waals surface area (Å²) in [4.78, 5) is 24.8. The number of rotatable bonds is 7. The van der Waals surface area contributed by atoms with Crippen LogP contribution in [0.4, 0.5) is 17.2 Å². The fourth-order valence-electron chi connectivity index (χ4n) is 3.59. The number of dihydropyridines is 1. The second kappa shape index (κ2) is 9.95. The maximum absolute atomic E-state index is 11.7. The molecular weight excluding hydrogens is 430 g/mol. The number of aryl methyl sites for hydroxylation is 1. The van der Waals surface area contributed by atoms with Crippen molar-refractivity contribution in [1.82, 2.24) is 15.3 Å². The Labute approximate surface area is 197 Å². The molecule has 172 valence electrons. The third-order valence-corrected chi connectivity index (χ3v) is 5.13. The van der Waals surface area contributed by atoms with Gasteiger partial charge >= 0.3 is 0 Å². The van der Waals surface area contributed by atoms with Crippen LogP contribution in [0.5, 0.6) is 5.75 Å². The number of hydrogen-bond donors (Lipinski definition) is 3. The van der Waals surface area contributed by atoms with Crippen molar-refractivity contribution in [1.29, 1.82) is 0 Å². The molecule has 0 spiro atoms. The Hall–Kier alpha value is -4.53. The van der Waals surface area contributed by atoms with Crippen LogP contribution >= 0.6 is 0 Å². The highest BCUT2D eigenvalue weighted by atomic mass is 16.5. The first-order chi connectivity index (χ1) is 16.4. The summed E-state index contributed by atoms with van der Waals surface area (Å²) >= 11 is 0. The van der Waals surface area contributed by atoms with Gasteiger partial charge in [-0.05, 0) is 68.0 Å². The van der Waals surface area contributed by atoms with Crippen molar-refractivity contribution >= 4 is 46.2 Å². The Morgan fingerprint density at radius 2 is 2.03 bits per heavy atom. The average molecular weight is 455 g/mol. The van der Waals surface area contributed by atoms with Gasteiger partial charge < -0.3 is 26.1 Å². The Kier molecular flexibility index (Phi) is 6.63. The van der Waals surface area contributed by atoms with Gasteiger partial charge in [0, 0.05) is 29.0 Å². The molecule has 0 saturated carbocycles. The first kappa shape index (κ1) is 22.7. The van der Waals surface area contributed by atoms with Gasteiger partial charge in [0.25, 0.3) is 0 Å². The predicted octanol–water partition coefficient (Wildman–Crippen LogP) is 4.45. The molecule has 0 radical (unpaired) electrons. The molecule has 0 fully saturated rings. The van der Waals surface area contributed by atoms with Crippen molar-refractivity contribution < 1.29 is 9.53 Å². The smallest absolute Gasteiger partial charge is 0.247 e. The van der Waals surface area contributed by atoms with Gasteiger partial charge in [-0.3, -0.25) is 9.79 Å². The Balaban J connectivity index is 1.55. The van der Waals surface area contributed by atoms with Crippen molar-refractivity contribution in [3.8, 4) is 5.75 Å². The van der Waals surface area contributed by atoms with E-state index in [1.165, 1.54) is 12.4 Å². The number of hydrogen-bond acceptors (Lipinski definition) is 6. The maximum Gasteiger partial charge on any atom is 0.247 e. The second-order valence-corrected chi connectivity index (χ2v) is 7.81. The van der Waals surface area contributed by atoms with Crippen LogP contribution < -0.4 is 20.7 Å². The number of aliphatic imine (C=N–C) groups is 1. The number of amidine groups is 1. The molecule has 0 saturated heterocycles. The van der Waals surface area contributed by atoms with Crippen LogP contribution in [0.1, 0.15) is 18.9 Å². The van der Waals surface area contributed by atoms with Crippen LogP contribution in [0.15, 0.2) is 72.2 Å². The number of benzene rings is 2. The SMILES string of the molecule is C=CC(=O)Nc1ccc2ncnc(Nc3ccc(OC4=CC(NC=[N-])=NC(C)C4)c(C)c3)c2c1. The van der Waals surface area contributed by atoms with Crippen LogP contribution in [-0.2, 0) is 4.79 Å². The quantitative estimate of drug-likeness (QED) is 0.275. The van der Waals surface area contributed by atoms with Crippen LogP contribution in [0.2, 0.25) is 0 Å². The van der Waals surface area contributed by atoms with Gasteiger partial charge in [0.1, 0.15) is 23.7 Å². The normalized spacial score (nSPS) is 15.1. The molecule has 34 heavy (non-hydrogen) atoms. The molecule has 1 aliphatic rings. The number of carbonyl (C=O) groups excluding carboxylic acids is 1. The number of amides is 1. The Morgan fingerprint density at radius 1 is 1.21 bits per heavy atom. The summed E-state index contributed by atoms with van der Waals surface area (Å²) in [7, 11) is 0. The lowest BCUT2D eigenvalue weighted by molar-refractivity contribution is -0.111. The molecule has 2 aromatic carbocycles. The van der Waals surface area contributed by atoms with Crippen molar-refractivity contribution in [2.75, 3.05) is 10.6 Å². The lowest BCUT2D eigenvalue weighted by Crippen LogP contribution is -2.25. The zero-order valence-electron chi connectivity index (χ0n) is 18.9. The fourth-order valence-corrected chi connectivity index (χ4v) is 3.59. The average Bonchev–Trinajstić information content (AvgIpc) is 2.81. The maximum atomic E-state index is 11.7. The minimum Gasteiger partial charge on any atom is -0.472 e. The highest BCUT2D eigenvalue weighted by Gasteiger charge is 2.14. The van der Waals surface area contributed by atoms with Gasteiger partial charge in [0.15, 0.2) is 0 Å². The molecule has 1 unspecified atom stereocenters. The molecule has 4 rings (SSSR count). The largest absolute Gasteiger partial charge is 0.472 e. The number of nitrogens with one attached hydrogen (secondary N) is 3. The lowest BCUT2D eigenvalue weighted by atomic mass is 10.1. The highest BCUT2D eigenvalue weighted by molar-refractivity contribution is 6.02. The standard InChI is InChI=1S/C25H24N7O2/c1-4-24(33)31-18-5-7-21-20(11-18)25(29-14-28-21)32-17-6-8-22(15(2)9-17)34-19-10-16(3)30-23(12-19)27-13-26/h4-9,11-14,16H,1,10H2,2-3H3,(H3-,26,27,28,29,30,31,32,33)/q-1. The van der Waals surface area contributed by atoms with Crippen LogP contribution in [0.25, 0.3) is 16.3 Å². The van der Waals surface area contributed by atoms with Gasteiger partial charge in [-0.2, -0.15) is 0 Å². The van der Waals surface area contributed by atoms with Crippen LogP contribution in [0, 0.1) is 6.92 Å². The van der Waals surface area contributed by atoms with Gasteiger partial charge in [-0.25, -0.2) is 9.97 Å². The molecule has 3 aromatic rings. The monoisotopic (exact) mass is 454 g/mol. The molecular formula is C25H24N7O2-. The predicted molar refractivity (Wildman–Crippen MR) is 136 cm³/mol. The molecule has 3 N–H and O–H groups in total. The van der Waals surface area contributed by atoms with Crippen LogP contribution in [0.3, 0.4) is 0 Å². The van der Waals surface area contributed by atoms with E-state index in [0.29, 0.717) is 23.8 Å². The van der Waals surface area contributed by atoms with E-state index >= 15 is 0 Å². The van der Waals surface area contributed by atoms with Gasteiger partial charge in [-0.15, -0.1) is 6.34 Å². The zero-order valence-corrected chi connectivity index (χ0v) is 18.9. The van der Waals surface area contributed by atoms with Gasteiger partial charge in [0.2, 0.25) is 5.91 Å². The number of carbonyl (C=O) groups is 1. The highest BCUT2D eigenvalue weighted by Crippen LogP contribution is 2.30. The molecule has 9 heteroatoms. The zero-order chi connectivity index (χ0) is 24.1. The van der Waals surface area contributed by atoms with Crippen molar-refractivity contribution in [2.24, 2.45) is 4.99 Å². The number of aromatic nitrogens is 2. The summed E-state index contributed by atoms with van der Waals surface area (Å²) in [6, 6.07) is 11.2. The Bertz CT molecular complexity index is 1330. The van der Waals surface area contributed by atoms with E-state index < -0.39 is 0 Å². The molecule has 1 atom stereocenters. The number of anilines is 3. The molecule has 1 amide bonds. The summed E-state index contributed by atoms with van der Waals surface area (Å²) in [5, 5.41) is 18.5. The van der Waals surface area contributed by atoms with Gasteiger partial charge in [-0.1, -0.05) is 6.58 Å². The van der Waals surface area contributed by atoms with Crippen molar-refractivity contribution in [3.63, 3.8) is 0 Å². The summed E-state index contributed by atoms with van der Waals surface area (Å²) in [6.07, 6.45) is 5.99. The summed E-state index contributed by atoms with van der Waals surface area (Å²) < 4.78 is 6.11. The lowest BCUT2D eigenvalue weighted by Gasteiger charge is -2.22. The van der Waals surface area contributed by atoms with Gasteiger partial charge in [0.05, 0.1) is 11.6 Å². The second-order valence-electron chi connectivity index (χ2n) is 7.81. The minimum atomic E-state index is -0.289. The molecule has 1 aliphatic heterocycles. The van der Waals surface area contributed by atoms with E-state index in [4.69, 9.17) is 10.1 Å². The van der Waals surface area contributed by atoms with Crippen molar-refractivity contribution in [2.45, 2.75) is 26.3 Å². The van der Waals surface area contributed by atoms with E-state index in [1.54, 1.807) is 12.1 Å². The molecule has 2 heterocycles. The van der Waals surface area contributed by atoms with Crippen LogP contribution in [-0.4, -0.2) is 34.1 Å². The topological polar surface area (TPSA) is 123 Å². The van der Waals surface area contributed by atoms with E-state index in [9.17, 15) is 4.79 Å².